The van der Waals surface area contributed by atoms with Crippen LogP contribution < -0.4 is 10.2 Å². The van der Waals surface area contributed by atoms with Gasteiger partial charge in [-0.25, -0.2) is 0 Å². The number of benzene rings is 6. The molecule has 6 aromatic rings. The van der Waals surface area contributed by atoms with Crippen LogP contribution in [0, 0.1) is 0 Å². The Morgan fingerprint density at radius 2 is 0.600 bits per heavy atom. The van der Waals surface area contributed by atoms with E-state index in [0.29, 0.717) is 11.1 Å². The topological polar surface area (TPSA) is 70.8 Å². The molecule has 0 amide bonds. The van der Waals surface area contributed by atoms with Crippen molar-refractivity contribution >= 4 is 12.4 Å². The Hall–Kier alpha value is -5.25. The second-order valence-corrected chi connectivity index (χ2v) is 10.1. The van der Waals surface area contributed by atoms with Gasteiger partial charge in [0.15, 0.2) is 0 Å². The van der Waals surface area contributed by atoms with Gasteiger partial charge in [-0.1, -0.05) is 170 Å². The normalized spacial score (nSPS) is 10.9. The van der Waals surface area contributed by atoms with Crippen molar-refractivity contribution in [1.82, 2.24) is 0 Å². The van der Waals surface area contributed by atoms with Crippen molar-refractivity contribution in [2.75, 3.05) is 0 Å². The summed E-state index contributed by atoms with van der Waals surface area (Å²) in [5, 5.41) is 23.6. The summed E-state index contributed by atoms with van der Waals surface area (Å²) in [6, 6.07) is 54.1. The van der Waals surface area contributed by atoms with Crippen molar-refractivity contribution in [2.45, 2.75) is 12.1 Å². The van der Waals surface area contributed by atoms with Crippen LogP contribution in [0.3, 0.4) is 0 Å². The van der Waals surface area contributed by atoms with E-state index in [9.17, 15) is 10.2 Å². The molecule has 224 valence electrons. The van der Waals surface area contributed by atoms with Gasteiger partial charge in [0.2, 0.25) is 0 Å². The van der Waals surface area contributed by atoms with Gasteiger partial charge < -0.3 is 10.2 Å². The monoisotopic (exact) mass is 630 g/mol. The average molecular weight is 631 g/mol. The molecule has 0 saturated heterocycles. The van der Waals surface area contributed by atoms with Crippen LogP contribution in [0.4, 0.5) is 0 Å². The molecule has 0 fully saturated rings. The van der Waals surface area contributed by atoms with Crippen molar-refractivity contribution in [1.29, 1.82) is 0 Å². The molecule has 0 N–H and O–H groups in total. The number of rotatable bonds is 8. The first-order valence-corrected chi connectivity index (χ1v) is 14.5. The summed E-state index contributed by atoms with van der Waals surface area (Å²) < 4.78 is 0. The summed E-state index contributed by atoms with van der Waals surface area (Å²) in [6.07, 6.45) is 3.35. The number of hydrogen-bond donors (Lipinski definition) is 0. The van der Waals surface area contributed by atoms with Crippen molar-refractivity contribution < 1.29 is 26.7 Å². The van der Waals surface area contributed by atoms with E-state index in [-0.39, 0.29) is 40.1 Å². The largest absolute Gasteiger partial charge is 2.00 e. The van der Waals surface area contributed by atoms with Crippen LogP contribution in [0.15, 0.2) is 180 Å². The van der Waals surface area contributed by atoms with Gasteiger partial charge in [-0.05, 0) is 33.4 Å². The molecule has 0 bridgehead atoms. The van der Waals surface area contributed by atoms with Crippen molar-refractivity contribution in [3.05, 3.63) is 203 Å². The predicted molar refractivity (Wildman–Crippen MR) is 176 cm³/mol. The minimum Gasteiger partial charge on any atom is -0.872 e. The molecule has 0 unspecified atom stereocenters. The second-order valence-electron chi connectivity index (χ2n) is 10.1. The van der Waals surface area contributed by atoms with Crippen LogP contribution in [0.2, 0.25) is 0 Å². The van der Waals surface area contributed by atoms with Gasteiger partial charge in [0.25, 0.3) is 0 Å². The predicted octanol–water partition coefficient (Wildman–Crippen LogP) is 7.93. The minimum atomic E-state index is -0.109. The van der Waals surface area contributed by atoms with E-state index in [4.69, 9.17) is 0 Å². The van der Waals surface area contributed by atoms with Crippen LogP contribution in [0.5, 0.6) is 11.5 Å². The van der Waals surface area contributed by atoms with E-state index in [1.54, 1.807) is 48.8 Å². The number of para-hydroxylation sites is 2. The molecular formula is C40H32N2NiO2. The first kappa shape index (κ1) is 32.7. The molecule has 0 spiro atoms. The third kappa shape index (κ3) is 9.37. The first-order valence-electron chi connectivity index (χ1n) is 14.5. The fourth-order valence-electron chi connectivity index (χ4n) is 4.75. The maximum Gasteiger partial charge on any atom is 2.00 e. The second kappa shape index (κ2) is 17.1. The molecule has 4 nitrogen and oxygen atoms in total. The zero-order valence-corrected chi connectivity index (χ0v) is 25.5. The van der Waals surface area contributed by atoms with Crippen molar-refractivity contribution in [2.24, 2.45) is 9.98 Å². The summed E-state index contributed by atoms with van der Waals surface area (Å²) in [7, 11) is 0. The Kier molecular flexibility index (Phi) is 12.4. The summed E-state index contributed by atoms with van der Waals surface area (Å²) in [4.78, 5) is 9.34. The molecule has 6 rings (SSSR count). The van der Waals surface area contributed by atoms with E-state index >= 15 is 0 Å². The Morgan fingerprint density at radius 1 is 0.356 bits per heavy atom. The van der Waals surface area contributed by atoms with Crippen molar-refractivity contribution in [3.63, 3.8) is 0 Å². The zero-order valence-electron chi connectivity index (χ0n) is 24.5. The molecule has 0 saturated carbocycles. The first-order chi connectivity index (χ1) is 21.7. The van der Waals surface area contributed by atoms with Crippen LogP contribution in [0.1, 0.15) is 45.5 Å². The van der Waals surface area contributed by atoms with Gasteiger partial charge in [0.05, 0.1) is 12.1 Å². The van der Waals surface area contributed by atoms with E-state index in [1.807, 2.05) is 84.9 Å². The molecule has 0 aliphatic carbocycles. The number of hydrogen-bond acceptors (Lipinski definition) is 4. The van der Waals surface area contributed by atoms with Crippen LogP contribution in [-0.2, 0) is 16.5 Å². The van der Waals surface area contributed by atoms with E-state index in [1.165, 1.54) is 0 Å². The van der Waals surface area contributed by atoms with Gasteiger partial charge in [0, 0.05) is 12.4 Å². The molecule has 6 aromatic carbocycles. The van der Waals surface area contributed by atoms with Gasteiger partial charge in [0.1, 0.15) is 0 Å². The van der Waals surface area contributed by atoms with Gasteiger partial charge in [-0.15, -0.1) is 11.5 Å². The van der Waals surface area contributed by atoms with Crippen LogP contribution >= 0.6 is 0 Å². The molecule has 0 heterocycles. The minimum absolute atomic E-state index is 0. The molecule has 0 atom stereocenters. The van der Waals surface area contributed by atoms with Gasteiger partial charge in [-0.3, -0.25) is 9.98 Å². The molecule has 0 aliphatic heterocycles. The fraction of sp³-hybridized carbons (Fsp3) is 0.0500. The van der Waals surface area contributed by atoms with Crippen LogP contribution in [0.25, 0.3) is 0 Å². The van der Waals surface area contributed by atoms with Gasteiger partial charge in [-0.2, -0.15) is 0 Å². The Morgan fingerprint density at radius 3 is 0.867 bits per heavy atom. The molecule has 0 aliphatic rings. The quantitative estimate of drug-likeness (QED) is 0.127. The molecule has 0 aromatic heterocycles. The third-order valence-corrected chi connectivity index (χ3v) is 7.02. The standard InChI is InChI=1S/2C20H17NO.Ni/c2*22-19-14-8-7-13-18(19)15-21-20(16-9-3-1-4-10-16)17-11-5-2-6-12-17;/h2*1-15,20,22H;/q;;+2/p-2. The Labute approximate surface area is 275 Å². The van der Waals surface area contributed by atoms with Crippen molar-refractivity contribution in [3.8, 4) is 11.5 Å². The molecule has 45 heavy (non-hydrogen) atoms. The summed E-state index contributed by atoms with van der Waals surface area (Å²) in [6.45, 7) is 0. The number of nitrogens with zero attached hydrogens (tertiary/aromatic N) is 2. The van der Waals surface area contributed by atoms with E-state index < -0.39 is 0 Å². The maximum absolute atomic E-state index is 11.8. The molecule has 5 heteroatoms. The van der Waals surface area contributed by atoms with E-state index in [0.717, 1.165) is 22.3 Å². The number of aliphatic imine (C=N–C) groups is 2. The van der Waals surface area contributed by atoms with Crippen LogP contribution in [-0.4, -0.2) is 12.4 Å². The summed E-state index contributed by atoms with van der Waals surface area (Å²) in [5.74, 6) is -0.0164. The summed E-state index contributed by atoms with van der Waals surface area (Å²) in [5.41, 5.74) is 5.64. The average Bonchev–Trinajstić information content (AvgIpc) is 3.09. The fourth-order valence-corrected chi connectivity index (χ4v) is 4.75. The Bertz CT molecular complexity index is 1560. The smallest absolute Gasteiger partial charge is 0.872 e. The van der Waals surface area contributed by atoms with E-state index in [2.05, 4.69) is 58.5 Å². The zero-order chi connectivity index (χ0) is 30.4. The molecular weight excluding hydrogens is 599 g/mol. The molecule has 0 radical (unpaired) electrons. The maximum atomic E-state index is 11.8. The SMILES string of the molecule is [Ni+2].[O-]c1ccccc1C=NC(c1ccccc1)c1ccccc1.[O-]c1ccccc1C=NC(c1ccccc1)c1ccccc1. The van der Waals surface area contributed by atoms with Gasteiger partial charge >= 0.3 is 16.5 Å². The summed E-state index contributed by atoms with van der Waals surface area (Å²) >= 11 is 0. The Balaban J connectivity index is 0.000000200. The third-order valence-electron chi connectivity index (χ3n) is 7.02.